The summed E-state index contributed by atoms with van der Waals surface area (Å²) in [6.07, 6.45) is 5.12. The third kappa shape index (κ3) is 4.84. The molecule has 5 heteroatoms. The summed E-state index contributed by atoms with van der Waals surface area (Å²) in [5.74, 6) is 0.470. The predicted octanol–water partition coefficient (Wildman–Crippen LogP) is 5.01. The summed E-state index contributed by atoms with van der Waals surface area (Å²) in [6.45, 7) is 0.611. The van der Waals surface area contributed by atoms with Gasteiger partial charge in [-0.15, -0.1) is 0 Å². The van der Waals surface area contributed by atoms with E-state index in [-0.39, 0.29) is 5.91 Å². The number of hydrogen-bond acceptors (Lipinski definition) is 4. The van der Waals surface area contributed by atoms with Crippen LogP contribution in [0.3, 0.4) is 0 Å². The summed E-state index contributed by atoms with van der Waals surface area (Å²) >= 11 is 0. The highest BCUT2D eigenvalue weighted by molar-refractivity contribution is 6.04. The van der Waals surface area contributed by atoms with Gasteiger partial charge in [0.1, 0.15) is 5.82 Å². The minimum atomic E-state index is -0.176. The van der Waals surface area contributed by atoms with Crippen molar-refractivity contribution in [3.05, 3.63) is 109 Å². The molecule has 0 saturated carbocycles. The lowest BCUT2D eigenvalue weighted by Crippen LogP contribution is -2.13. The third-order valence-corrected chi connectivity index (χ3v) is 4.47. The van der Waals surface area contributed by atoms with E-state index in [2.05, 4.69) is 20.6 Å². The Labute approximate surface area is 169 Å². The molecular weight excluding hydrogens is 360 g/mol. The Balaban J connectivity index is 1.45. The average molecular weight is 380 g/mol. The number of carbonyl (C=O) groups excluding carboxylic acids is 1. The van der Waals surface area contributed by atoms with E-state index in [0.717, 1.165) is 22.4 Å². The van der Waals surface area contributed by atoms with Crippen LogP contribution in [0.25, 0.3) is 11.1 Å². The number of anilines is 2. The van der Waals surface area contributed by atoms with E-state index >= 15 is 0 Å². The van der Waals surface area contributed by atoms with Crippen LogP contribution >= 0.6 is 0 Å². The van der Waals surface area contributed by atoms with Crippen LogP contribution in [0.5, 0.6) is 0 Å². The summed E-state index contributed by atoms with van der Waals surface area (Å²) in [5.41, 5.74) is 4.55. The molecule has 0 unspecified atom stereocenters. The molecule has 29 heavy (non-hydrogen) atoms. The van der Waals surface area contributed by atoms with E-state index in [9.17, 15) is 4.79 Å². The standard InChI is InChI=1S/C24H20N4O/c29-24(28-22-8-4-7-20(15-22)19-5-2-1-3-6-19)21-11-14-26-23(16-21)27-17-18-9-12-25-13-10-18/h1-16H,17H2,(H,26,27)(H,28,29). The van der Waals surface area contributed by atoms with Gasteiger partial charge < -0.3 is 10.6 Å². The summed E-state index contributed by atoms with van der Waals surface area (Å²) < 4.78 is 0. The summed E-state index contributed by atoms with van der Waals surface area (Å²) in [7, 11) is 0. The highest BCUT2D eigenvalue weighted by Gasteiger charge is 2.08. The third-order valence-electron chi connectivity index (χ3n) is 4.47. The summed E-state index contributed by atoms with van der Waals surface area (Å²) in [6, 6.07) is 25.2. The Bertz CT molecular complexity index is 1100. The molecule has 0 saturated heterocycles. The zero-order valence-corrected chi connectivity index (χ0v) is 15.7. The molecule has 0 aliphatic heterocycles. The maximum atomic E-state index is 12.7. The highest BCUT2D eigenvalue weighted by atomic mass is 16.1. The van der Waals surface area contributed by atoms with Crippen molar-refractivity contribution in [1.29, 1.82) is 0 Å². The lowest BCUT2D eigenvalue weighted by molar-refractivity contribution is 0.102. The van der Waals surface area contributed by atoms with Gasteiger partial charge in [0.2, 0.25) is 0 Å². The fourth-order valence-corrected chi connectivity index (χ4v) is 2.97. The van der Waals surface area contributed by atoms with Crippen LogP contribution < -0.4 is 10.6 Å². The lowest BCUT2D eigenvalue weighted by atomic mass is 10.1. The maximum absolute atomic E-state index is 12.7. The first-order chi connectivity index (χ1) is 14.3. The molecule has 4 aromatic rings. The number of nitrogens with one attached hydrogen (secondary N) is 2. The molecule has 1 amide bonds. The molecule has 0 fully saturated rings. The van der Waals surface area contributed by atoms with E-state index in [1.165, 1.54) is 0 Å². The Morgan fingerprint density at radius 2 is 1.59 bits per heavy atom. The molecule has 2 heterocycles. The van der Waals surface area contributed by atoms with Crippen LogP contribution in [0.2, 0.25) is 0 Å². The minimum Gasteiger partial charge on any atom is -0.366 e. The number of hydrogen-bond donors (Lipinski definition) is 2. The zero-order chi connectivity index (χ0) is 19.9. The molecule has 0 bridgehead atoms. The second-order valence-electron chi connectivity index (χ2n) is 6.54. The van der Waals surface area contributed by atoms with E-state index < -0.39 is 0 Å². The second kappa shape index (κ2) is 8.80. The van der Waals surface area contributed by atoms with Crippen LogP contribution in [0.4, 0.5) is 11.5 Å². The van der Waals surface area contributed by atoms with Gasteiger partial charge >= 0.3 is 0 Å². The first kappa shape index (κ1) is 18.4. The Kier molecular flexibility index (Phi) is 5.58. The van der Waals surface area contributed by atoms with E-state index in [1.807, 2.05) is 66.7 Å². The number of benzene rings is 2. The number of aromatic nitrogens is 2. The van der Waals surface area contributed by atoms with Crippen LogP contribution in [-0.2, 0) is 6.54 Å². The lowest BCUT2D eigenvalue weighted by Gasteiger charge is -2.10. The smallest absolute Gasteiger partial charge is 0.255 e. The molecule has 0 aliphatic rings. The largest absolute Gasteiger partial charge is 0.366 e. The molecular formula is C24H20N4O. The van der Waals surface area contributed by atoms with Gasteiger partial charge in [0.15, 0.2) is 0 Å². The molecule has 0 radical (unpaired) electrons. The van der Waals surface area contributed by atoms with Gasteiger partial charge in [0.05, 0.1) is 0 Å². The molecule has 0 spiro atoms. The first-order valence-electron chi connectivity index (χ1n) is 9.33. The van der Waals surface area contributed by atoms with Gasteiger partial charge in [-0.1, -0.05) is 42.5 Å². The van der Waals surface area contributed by atoms with Crippen LogP contribution in [0.1, 0.15) is 15.9 Å². The number of rotatable bonds is 6. The van der Waals surface area contributed by atoms with Crippen molar-refractivity contribution in [2.45, 2.75) is 6.54 Å². The van der Waals surface area contributed by atoms with Crippen molar-refractivity contribution >= 4 is 17.4 Å². The van der Waals surface area contributed by atoms with Crippen molar-refractivity contribution < 1.29 is 4.79 Å². The van der Waals surface area contributed by atoms with Gasteiger partial charge in [-0.2, -0.15) is 0 Å². The van der Waals surface area contributed by atoms with Gasteiger partial charge in [-0.05, 0) is 53.1 Å². The summed E-state index contributed by atoms with van der Waals surface area (Å²) in [4.78, 5) is 21.0. The second-order valence-corrected chi connectivity index (χ2v) is 6.54. The summed E-state index contributed by atoms with van der Waals surface area (Å²) in [5, 5.41) is 6.20. The van der Waals surface area contributed by atoms with Crippen molar-refractivity contribution in [1.82, 2.24) is 9.97 Å². The Morgan fingerprint density at radius 1 is 0.793 bits per heavy atom. The normalized spacial score (nSPS) is 10.3. The molecule has 0 atom stereocenters. The SMILES string of the molecule is O=C(Nc1cccc(-c2ccccc2)c1)c1ccnc(NCc2ccncc2)c1. The molecule has 2 N–H and O–H groups in total. The highest BCUT2D eigenvalue weighted by Crippen LogP contribution is 2.22. The predicted molar refractivity (Wildman–Crippen MR) is 116 cm³/mol. The fraction of sp³-hybridized carbons (Fsp3) is 0.0417. The minimum absolute atomic E-state index is 0.176. The Morgan fingerprint density at radius 3 is 2.41 bits per heavy atom. The van der Waals surface area contributed by atoms with E-state index in [1.54, 1.807) is 30.7 Å². The van der Waals surface area contributed by atoms with E-state index in [4.69, 9.17) is 0 Å². The van der Waals surface area contributed by atoms with Crippen molar-refractivity contribution in [3.8, 4) is 11.1 Å². The van der Waals surface area contributed by atoms with Crippen molar-refractivity contribution in [2.24, 2.45) is 0 Å². The number of carbonyl (C=O) groups is 1. The first-order valence-corrected chi connectivity index (χ1v) is 9.33. The molecule has 5 nitrogen and oxygen atoms in total. The number of pyridine rings is 2. The molecule has 2 aromatic heterocycles. The van der Waals surface area contributed by atoms with Gasteiger partial charge in [-0.3, -0.25) is 9.78 Å². The molecule has 0 aliphatic carbocycles. The molecule has 2 aromatic carbocycles. The van der Waals surface area contributed by atoms with Crippen molar-refractivity contribution in [2.75, 3.05) is 10.6 Å². The quantitative estimate of drug-likeness (QED) is 0.493. The topological polar surface area (TPSA) is 66.9 Å². The monoisotopic (exact) mass is 380 g/mol. The van der Waals surface area contributed by atoms with Gasteiger partial charge in [-0.25, -0.2) is 4.98 Å². The maximum Gasteiger partial charge on any atom is 0.255 e. The van der Waals surface area contributed by atoms with Gasteiger partial charge in [0.25, 0.3) is 5.91 Å². The number of nitrogens with zero attached hydrogens (tertiary/aromatic N) is 2. The fourth-order valence-electron chi connectivity index (χ4n) is 2.97. The average Bonchev–Trinajstić information content (AvgIpc) is 2.79. The molecule has 4 rings (SSSR count). The van der Waals surface area contributed by atoms with E-state index in [0.29, 0.717) is 17.9 Å². The van der Waals surface area contributed by atoms with Crippen LogP contribution in [-0.4, -0.2) is 15.9 Å². The Hall–Kier alpha value is -3.99. The van der Waals surface area contributed by atoms with Gasteiger partial charge in [0, 0.05) is 36.4 Å². The number of amides is 1. The van der Waals surface area contributed by atoms with Crippen LogP contribution in [0, 0.1) is 0 Å². The zero-order valence-electron chi connectivity index (χ0n) is 15.7. The van der Waals surface area contributed by atoms with Crippen LogP contribution in [0.15, 0.2) is 97.5 Å². The molecule has 142 valence electrons. The van der Waals surface area contributed by atoms with Crippen molar-refractivity contribution in [3.63, 3.8) is 0 Å².